The summed E-state index contributed by atoms with van der Waals surface area (Å²) in [5.41, 5.74) is 1.45. The molecule has 0 spiro atoms. The second-order valence-corrected chi connectivity index (χ2v) is 7.05. The van der Waals surface area contributed by atoms with E-state index in [1.54, 1.807) is 17.8 Å². The van der Waals surface area contributed by atoms with Gasteiger partial charge in [-0.25, -0.2) is 14.6 Å². The first kappa shape index (κ1) is 21.3. The maximum absolute atomic E-state index is 12.3. The summed E-state index contributed by atoms with van der Waals surface area (Å²) >= 11 is 0. The normalized spacial score (nSPS) is 11.6. The van der Waals surface area contributed by atoms with Gasteiger partial charge in [0.25, 0.3) is 5.89 Å². The molecule has 0 fully saturated rings. The third-order valence-corrected chi connectivity index (χ3v) is 4.42. The summed E-state index contributed by atoms with van der Waals surface area (Å²) in [7, 11) is 3.82. The number of aryl methyl sites for hydroxylation is 1. The van der Waals surface area contributed by atoms with Gasteiger partial charge < -0.3 is 14.2 Å². The van der Waals surface area contributed by atoms with Crippen LogP contribution in [0.3, 0.4) is 0 Å². The topological polar surface area (TPSA) is 95.0 Å². The smallest absolute Gasteiger partial charge is 0.406 e. The van der Waals surface area contributed by atoms with Gasteiger partial charge in [0.05, 0.1) is 6.54 Å². The Labute approximate surface area is 180 Å². The van der Waals surface area contributed by atoms with Crippen LogP contribution < -0.4 is 9.64 Å². The largest absolute Gasteiger partial charge is 0.573 e. The SMILES string of the molecule is Cc1nc(-c2nc(-c3ccc(OC(F)(F)F)cc3)no2)nn1Cc1ccnc(N(C)C)c1. The van der Waals surface area contributed by atoms with Gasteiger partial charge in [-0.2, -0.15) is 4.98 Å². The molecule has 0 saturated carbocycles. The molecule has 3 heterocycles. The summed E-state index contributed by atoms with van der Waals surface area (Å²) < 4.78 is 47.7. The number of hydrogen-bond donors (Lipinski definition) is 0. The Morgan fingerprint density at radius 3 is 2.50 bits per heavy atom. The molecule has 0 atom stereocenters. The van der Waals surface area contributed by atoms with Gasteiger partial charge >= 0.3 is 6.36 Å². The molecule has 12 heteroatoms. The Morgan fingerprint density at radius 2 is 1.81 bits per heavy atom. The van der Waals surface area contributed by atoms with Crippen molar-refractivity contribution in [3.8, 4) is 28.9 Å². The highest BCUT2D eigenvalue weighted by Gasteiger charge is 2.31. The number of halogens is 3. The third kappa shape index (κ3) is 4.85. The average molecular weight is 445 g/mol. The molecule has 0 N–H and O–H groups in total. The molecule has 0 unspecified atom stereocenters. The number of ether oxygens (including phenoxy) is 1. The van der Waals surface area contributed by atoms with Gasteiger partial charge in [0.15, 0.2) is 0 Å². The van der Waals surface area contributed by atoms with Crippen molar-refractivity contribution in [2.24, 2.45) is 0 Å². The Kier molecular flexibility index (Phi) is 5.51. The first-order chi connectivity index (χ1) is 15.2. The number of benzene rings is 1. The van der Waals surface area contributed by atoms with Crippen LogP contribution >= 0.6 is 0 Å². The summed E-state index contributed by atoms with van der Waals surface area (Å²) in [5.74, 6) is 1.68. The third-order valence-electron chi connectivity index (χ3n) is 4.42. The number of alkyl halides is 3. The van der Waals surface area contributed by atoms with Crippen LogP contribution in [0.25, 0.3) is 23.1 Å². The van der Waals surface area contributed by atoms with Crippen LogP contribution in [0.1, 0.15) is 11.4 Å². The second kappa shape index (κ2) is 8.29. The molecule has 0 amide bonds. The monoisotopic (exact) mass is 445 g/mol. The summed E-state index contributed by atoms with van der Waals surface area (Å²) in [4.78, 5) is 14.8. The lowest BCUT2D eigenvalue weighted by molar-refractivity contribution is -0.274. The molecular weight excluding hydrogens is 427 g/mol. The predicted octanol–water partition coefficient (Wildman–Crippen LogP) is 3.71. The molecule has 0 aliphatic rings. The van der Waals surface area contributed by atoms with Crippen LogP contribution in [0.5, 0.6) is 5.75 Å². The molecule has 1 aromatic carbocycles. The van der Waals surface area contributed by atoms with Gasteiger partial charge in [-0.3, -0.25) is 0 Å². The van der Waals surface area contributed by atoms with Crippen molar-refractivity contribution in [1.82, 2.24) is 29.9 Å². The van der Waals surface area contributed by atoms with Crippen LogP contribution in [0.2, 0.25) is 0 Å². The lowest BCUT2D eigenvalue weighted by atomic mass is 10.2. The summed E-state index contributed by atoms with van der Waals surface area (Å²) in [6.45, 7) is 2.28. The van der Waals surface area contributed by atoms with E-state index in [-0.39, 0.29) is 23.3 Å². The molecule has 9 nitrogen and oxygen atoms in total. The molecular formula is C20H18F3N7O2. The van der Waals surface area contributed by atoms with E-state index in [2.05, 4.69) is 29.9 Å². The van der Waals surface area contributed by atoms with Crippen molar-refractivity contribution in [3.05, 3.63) is 54.0 Å². The van der Waals surface area contributed by atoms with Gasteiger partial charge in [-0.15, -0.1) is 18.3 Å². The predicted molar refractivity (Wildman–Crippen MR) is 108 cm³/mol. The number of nitrogens with zero attached hydrogens (tertiary/aromatic N) is 7. The minimum atomic E-state index is -4.76. The fraction of sp³-hybridized carbons (Fsp3) is 0.250. The fourth-order valence-corrected chi connectivity index (χ4v) is 2.87. The molecule has 4 aromatic rings. The second-order valence-electron chi connectivity index (χ2n) is 7.05. The van der Waals surface area contributed by atoms with E-state index >= 15 is 0 Å². The average Bonchev–Trinajstić information content (AvgIpc) is 3.35. The minimum Gasteiger partial charge on any atom is -0.406 e. The van der Waals surface area contributed by atoms with E-state index in [9.17, 15) is 13.2 Å². The van der Waals surface area contributed by atoms with Crippen LogP contribution in [0, 0.1) is 6.92 Å². The van der Waals surface area contributed by atoms with E-state index in [1.165, 1.54) is 24.3 Å². The standard InChI is InChI=1S/C20H18F3N7O2/c1-12-25-18(27-30(12)11-13-8-9-24-16(10-13)29(2)3)19-26-17(28-32-19)14-4-6-15(7-5-14)31-20(21,22)23/h4-10H,11H2,1-3H3. The van der Waals surface area contributed by atoms with Crippen molar-refractivity contribution in [1.29, 1.82) is 0 Å². The zero-order valence-electron chi connectivity index (χ0n) is 17.3. The maximum atomic E-state index is 12.3. The van der Waals surface area contributed by atoms with Crippen LogP contribution in [0.4, 0.5) is 19.0 Å². The van der Waals surface area contributed by atoms with Gasteiger partial charge in [0, 0.05) is 25.9 Å². The molecule has 4 rings (SSSR count). The van der Waals surface area contributed by atoms with Crippen molar-refractivity contribution in [3.63, 3.8) is 0 Å². The highest BCUT2D eigenvalue weighted by Crippen LogP contribution is 2.26. The number of hydrogen-bond acceptors (Lipinski definition) is 8. The first-order valence-corrected chi connectivity index (χ1v) is 9.42. The number of rotatable bonds is 6. The van der Waals surface area contributed by atoms with Crippen molar-refractivity contribution in [2.45, 2.75) is 19.8 Å². The molecule has 0 bridgehead atoms. The molecule has 0 aliphatic carbocycles. The molecule has 166 valence electrons. The van der Waals surface area contributed by atoms with Gasteiger partial charge in [-0.05, 0) is 48.9 Å². The molecule has 0 aliphatic heterocycles. The Hall–Kier alpha value is -3.96. The quantitative estimate of drug-likeness (QED) is 0.443. The summed E-state index contributed by atoms with van der Waals surface area (Å²) in [5, 5.41) is 8.31. The number of anilines is 1. The Morgan fingerprint density at radius 1 is 1.06 bits per heavy atom. The van der Waals surface area contributed by atoms with E-state index < -0.39 is 6.36 Å². The Balaban J connectivity index is 1.52. The zero-order chi connectivity index (χ0) is 22.9. The Bertz CT molecular complexity index is 1220. The van der Waals surface area contributed by atoms with Crippen LogP contribution in [-0.2, 0) is 6.54 Å². The molecule has 32 heavy (non-hydrogen) atoms. The van der Waals surface area contributed by atoms with Crippen LogP contribution in [-0.4, -0.2) is 50.3 Å². The van der Waals surface area contributed by atoms with E-state index in [0.717, 1.165) is 11.4 Å². The number of pyridine rings is 1. The molecule has 0 saturated heterocycles. The van der Waals surface area contributed by atoms with Crippen LogP contribution in [0.15, 0.2) is 47.1 Å². The first-order valence-electron chi connectivity index (χ1n) is 9.42. The summed E-state index contributed by atoms with van der Waals surface area (Å²) in [6, 6.07) is 9.00. The number of aromatic nitrogens is 6. The van der Waals surface area contributed by atoms with E-state index in [1.807, 2.05) is 31.1 Å². The lowest BCUT2D eigenvalue weighted by Gasteiger charge is -2.12. The zero-order valence-corrected chi connectivity index (χ0v) is 17.3. The van der Waals surface area contributed by atoms with Gasteiger partial charge in [-0.1, -0.05) is 5.16 Å². The summed E-state index contributed by atoms with van der Waals surface area (Å²) in [6.07, 6.45) is -3.03. The van der Waals surface area contributed by atoms with E-state index in [0.29, 0.717) is 17.9 Å². The van der Waals surface area contributed by atoms with Crippen molar-refractivity contribution >= 4 is 5.82 Å². The maximum Gasteiger partial charge on any atom is 0.573 e. The minimum absolute atomic E-state index is 0.0983. The van der Waals surface area contributed by atoms with Gasteiger partial charge in [0.2, 0.25) is 11.6 Å². The highest BCUT2D eigenvalue weighted by molar-refractivity contribution is 5.57. The highest BCUT2D eigenvalue weighted by atomic mass is 19.4. The molecule has 3 aromatic heterocycles. The fourth-order valence-electron chi connectivity index (χ4n) is 2.87. The van der Waals surface area contributed by atoms with Crippen molar-refractivity contribution in [2.75, 3.05) is 19.0 Å². The molecule has 0 radical (unpaired) electrons. The van der Waals surface area contributed by atoms with E-state index in [4.69, 9.17) is 4.52 Å². The van der Waals surface area contributed by atoms with Gasteiger partial charge in [0.1, 0.15) is 17.4 Å². The lowest BCUT2D eigenvalue weighted by Crippen LogP contribution is -2.16. The van der Waals surface area contributed by atoms with Crippen molar-refractivity contribution < 1.29 is 22.4 Å².